The fourth-order valence-corrected chi connectivity index (χ4v) is 4.88. The minimum Gasteiger partial charge on any atom is -0.489 e. The van der Waals surface area contributed by atoms with Crippen molar-refractivity contribution in [1.29, 1.82) is 0 Å². The van der Waals surface area contributed by atoms with Crippen molar-refractivity contribution in [2.45, 2.75) is 33.2 Å². The largest absolute Gasteiger partial charge is 0.489 e. The molecule has 0 atom stereocenters. The van der Waals surface area contributed by atoms with Gasteiger partial charge in [-0.15, -0.1) is 0 Å². The molecule has 0 saturated carbocycles. The normalized spacial score (nSPS) is 18.5. The molecule has 2 aromatic heterocycles. The Labute approximate surface area is 224 Å². The first-order chi connectivity index (χ1) is 18.5. The monoisotopic (exact) mass is 516 g/mol. The van der Waals surface area contributed by atoms with Gasteiger partial charge in [-0.25, -0.2) is 15.0 Å². The first-order valence-corrected chi connectivity index (χ1v) is 13.3. The van der Waals surface area contributed by atoms with Crippen LogP contribution in [0.3, 0.4) is 0 Å². The summed E-state index contributed by atoms with van der Waals surface area (Å²) >= 11 is 0. The maximum absolute atomic E-state index is 13.4. The second-order valence-corrected chi connectivity index (χ2v) is 10.7. The molecule has 0 bridgehead atoms. The lowest BCUT2D eigenvalue weighted by Gasteiger charge is -2.36. The van der Waals surface area contributed by atoms with Crippen LogP contribution >= 0.6 is 0 Å². The third kappa shape index (κ3) is 6.58. The second kappa shape index (κ2) is 11.8. The van der Waals surface area contributed by atoms with Crippen LogP contribution in [-0.4, -0.2) is 76.5 Å². The smallest absolute Gasteiger partial charge is 0.236 e. The summed E-state index contributed by atoms with van der Waals surface area (Å²) in [5.74, 6) is 2.75. The Balaban J connectivity index is 1.30. The standard InChI is InChI=1S/C29H36N6O3/c1-29(2)11-6-15-33(21-26(36)34-16-18-35(19-17-34)28-31-13-7-14-32-28)20-23-8-5-12-30-27(23)38-25-10-4-3-9-24(25)37-22-29/h3-5,7-10,12-14H,6,11,15-22H2,1-2H3. The van der Waals surface area contributed by atoms with Gasteiger partial charge in [-0.1, -0.05) is 32.0 Å². The molecule has 2 aliphatic rings. The van der Waals surface area contributed by atoms with Gasteiger partial charge < -0.3 is 19.3 Å². The van der Waals surface area contributed by atoms with E-state index < -0.39 is 0 Å². The number of hydrogen-bond acceptors (Lipinski definition) is 8. The van der Waals surface area contributed by atoms with Crippen LogP contribution < -0.4 is 14.4 Å². The zero-order chi connectivity index (χ0) is 26.4. The lowest BCUT2D eigenvalue weighted by molar-refractivity contribution is -0.132. The number of rotatable bonds is 3. The van der Waals surface area contributed by atoms with Gasteiger partial charge in [0.2, 0.25) is 17.7 Å². The summed E-state index contributed by atoms with van der Waals surface area (Å²) in [6.45, 7) is 9.52. The molecule has 4 heterocycles. The summed E-state index contributed by atoms with van der Waals surface area (Å²) in [4.78, 5) is 32.9. The Kier molecular flexibility index (Phi) is 8.03. The summed E-state index contributed by atoms with van der Waals surface area (Å²) in [5, 5.41) is 0. The number of carbonyl (C=O) groups excluding carboxylic acids is 1. The molecule has 0 unspecified atom stereocenters. The quantitative estimate of drug-likeness (QED) is 0.516. The van der Waals surface area contributed by atoms with E-state index in [2.05, 4.69) is 38.6 Å². The molecule has 5 rings (SSSR count). The molecule has 0 aliphatic carbocycles. The number of fused-ring (bicyclic) bond motifs is 2. The van der Waals surface area contributed by atoms with Crippen LogP contribution in [0, 0.1) is 5.41 Å². The van der Waals surface area contributed by atoms with Crippen LogP contribution in [0.15, 0.2) is 61.1 Å². The van der Waals surface area contributed by atoms with Gasteiger partial charge in [0.15, 0.2) is 11.5 Å². The highest BCUT2D eigenvalue weighted by molar-refractivity contribution is 5.78. The third-order valence-electron chi connectivity index (χ3n) is 7.07. The van der Waals surface area contributed by atoms with Gasteiger partial charge in [0.1, 0.15) is 0 Å². The molecule has 200 valence electrons. The van der Waals surface area contributed by atoms with Gasteiger partial charge in [0.05, 0.1) is 13.2 Å². The Morgan fingerprint density at radius 3 is 2.42 bits per heavy atom. The molecule has 9 heteroatoms. The topological polar surface area (TPSA) is 83.9 Å². The second-order valence-electron chi connectivity index (χ2n) is 10.7. The summed E-state index contributed by atoms with van der Waals surface area (Å²) in [6, 6.07) is 13.5. The predicted molar refractivity (Wildman–Crippen MR) is 145 cm³/mol. The number of hydrogen-bond donors (Lipinski definition) is 0. The molecule has 3 aromatic rings. The van der Waals surface area contributed by atoms with Gasteiger partial charge in [-0.05, 0) is 49.1 Å². The number of benzene rings is 1. The van der Waals surface area contributed by atoms with Gasteiger partial charge in [0.25, 0.3) is 0 Å². The number of nitrogens with zero attached hydrogens (tertiary/aromatic N) is 6. The molecule has 1 fully saturated rings. The average Bonchev–Trinajstić information content (AvgIpc) is 2.94. The Morgan fingerprint density at radius 1 is 0.895 bits per heavy atom. The first kappa shape index (κ1) is 25.9. The van der Waals surface area contributed by atoms with E-state index in [1.54, 1.807) is 18.6 Å². The number of amides is 1. The van der Waals surface area contributed by atoms with E-state index in [0.717, 1.165) is 44.0 Å². The predicted octanol–water partition coefficient (Wildman–Crippen LogP) is 4.01. The van der Waals surface area contributed by atoms with E-state index in [1.165, 1.54) is 0 Å². The number of carbonyl (C=O) groups is 1. The number of aromatic nitrogens is 3. The maximum Gasteiger partial charge on any atom is 0.236 e. The molecular weight excluding hydrogens is 480 g/mol. The van der Waals surface area contributed by atoms with Crippen molar-refractivity contribution < 1.29 is 14.3 Å². The highest BCUT2D eigenvalue weighted by Crippen LogP contribution is 2.34. The van der Waals surface area contributed by atoms with Crippen LogP contribution in [0.5, 0.6) is 17.4 Å². The summed E-state index contributed by atoms with van der Waals surface area (Å²) in [7, 11) is 0. The van der Waals surface area contributed by atoms with Crippen LogP contribution in [0.2, 0.25) is 0 Å². The van der Waals surface area contributed by atoms with E-state index in [1.807, 2.05) is 47.4 Å². The van der Waals surface area contributed by atoms with Gasteiger partial charge >= 0.3 is 0 Å². The zero-order valence-corrected chi connectivity index (χ0v) is 22.3. The minimum absolute atomic E-state index is 0.0161. The van der Waals surface area contributed by atoms with Crippen molar-refractivity contribution in [3.8, 4) is 17.4 Å². The van der Waals surface area contributed by atoms with Crippen LogP contribution in [0.1, 0.15) is 32.3 Å². The zero-order valence-electron chi connectivity index (χ0n) is 22.3. The van der Waals surface area contributed by atoms with Crippen molar-refractivity contribution in [2.24, 2.45) is 5.41 Å². The number of ether oxygens (including phenoxy) is 2. The van der Waals surface area contributed by atoms with E-state index >= 15 is 0 Å². The molecule has 2 aliphatic heterocycles. The molecule has 1 aromatic carbocycles. The molecule has 1 amide bonds. The summed E-state index contributed by atoms with van der Waals surface area (Å²) in [6.07, 6.45) is 7.18. The Bertz CT molecular complexity index is 1210. The minimum atomic E-state index is -0.0161. The molecule has 0 N–H and O–H groups in total. The fraction of sp³-hybridized carbons (Fsp3) is 0.448. The molecule has 1 saturated heterocycles. The molecule has 38 heavy (non-hydrogen) atoms. The van der Waals surface area contributed by atoms with Crippen LogP contribution in [-0.2, 0) is 11.3 Å². The molecular formula is C29H36N6O3. The lowest BCUT2D eigenvalue weighted by Crippen LogP contribution is -2.51. The highest BCUT2D eigenvalue weighted by atomic mass is 16.5. The maximum atomic E-state index is 13.4. The van der Waals surface area contributed by atoms with Crippen LogP contribution in [0.25, 0.3) is 0 Å². The van der Waals surface area contributed by atoms with Crippen molar-refractivity contribution in [1.82, 2.24) is 24.8 Å². The highest BCUT2D eigenvalue weighted by Gasteiger charge is 2.26. The third-order valence-corrected chi connectivity index (χ3v) is 7.07. The molecule has 0 spiro atoms. The van der Waals surface area contributed by atoms with E-state index in [0.29, 0.717) is 50.2 Å². The van der Waals surface area contributed by atoms with E-state index in [9.17, 15) is 4.79 Å². The van der Waals surface area contributed by atoms with E-state index in [-0.39, 0.29) is 11.3 Å². The lowest BCUT2D eigenvalue weighted by atomic mass is 9.88. The van der Waals surface area contributed by atoms with Crippen molar-refractivity contribution in [3.05, 3.63) is 66.6 Å². The summed E-state index contributed by atoms with van der Waals surface area (Å²) < 4.78 is 12.5. The Morgan fingerprint density at radius 2 is 1.63 bits per heavy atom. The van der Waals surface area contributed by atoms with Crippen LogP contribution in [0.4, 0.5) is 5.95 Å². The van der Waals surface area contributed by atoms with Crippen molar-refractivity contribution >= 4 is 11.9 Å². The number of anilines is 1. The molecule has 0 radical (unpaired) electrons. The van der Waals surface area contributed by atoms with Crippen molar-refractivity contribution in [3.63, 3.8) is 0 Å². The van der Waals surface area contributed by atoms with Crippen molar-refractivity contribution in [2.75, 3.05) is 50.8 Å². The SMILES string of the molecule is CC1(C)CCCN(CC(=O)N2CCN(c3ncccn3)CC2)Cc2cccnc2Oc2ccccc2OC1. The first-order valence-electron chi connectivity index (χ1n) is 13.3. The van der Waals surface area contributed by atoms with Gasteiger partial charge in [-0.2, -0.15) is 0 Å². The fourth-order valence-electron chi connectivity index (χ4n) is 4.88. The number of pyridine rings is 1. The Hall–Kier alpha value is -3.72. The van der Waals surface area contributed by atoms with Gasteiger partial charge in [-0.3, -0.25) is 9.69 Å². The number of para-hydroxylation sites is 2. The molecule has 9 nitrogen and oxygen atoms in total. The summed E-state index contributed by atoms with van der Waals surface area (Å²) in [5.41, 5.74) is 0.928. The van der Waals surface area contributed by atoms with E-state index in [4.69, 9.17) is 9.47 Å². The van der Waals surface area contributed by atoms with Gasteiger partial charge in [0, 0.05) is 56.9 Å². The average molecular weight is 517 g/mol. The number of piperazine rings is 1.